The maximum atomic E-state index is 10.9. The Labute approximate surface area is 80.8 Å². The van der Waals surface area contributed by atoms with Crippen molar-refractivity contribution in [2.75, 3.05) is 12.5 Å². The van der Waals surface area contributed by atoms with Crippen LogP contribution < -0.4 is 0 Å². The minimum absolute atomic E-state index is 0.331. The standard InChI is InChI=1S/C8H12O2S2/c1-11-8(12-2)6(7(9)10)5-3-4-5/h5H,3-4H2,1-2H3,(H,9,10). The highest BCUT2D eigenvalue weighted by Crippen LogP contribution is 2.42. The third-order valence-electron chi connectivity index (χ3n) is 1.81. The van der Waals surface area contributed by atoms with Crippen molar-refractivity contribution in [3.63, 3.8) is 0 Å². The predicted molar refractivity (Wildman–Crippen MR) is 54.4 cm³/mol. The van der Waals surface area contributed by atoms with Gasteiger partial charge in [-0.2, -0.15) is 0 Å². The molecular formula is C8H12O2S2. The number of aliphatic carboxylic acids is 1. The van der Waals surface area contributed by atoms with Gasteiger partial charge in [-0.1, -0.05) is 0 Å². The second-order valence-corrected chi connectivity index (χ2v) is 4.58. The second kappa shape index (κ2) is 4.23. The molecule has 0 atom stereocenters. The summed E-state index contributed by atoms with van der Waals surface area (Å²) >= 11 is 3.07. The van der Waals surface area contributed by atoms with Crippen molar-refractivity contribution in [1.29, 1.82) is 0 Å². The number of carbonyl (C=O) groups is 1. The third kappa shape index (κ3) is 2.20. The summed E-state index contributed by atoms with van der Waals surface area (Å²) in [6, 6.07) is 0. The van der Waals surface area contributed by atoms with Crippen LogP contribution in [0.4, 0.5) is 0 Å². The van der Waals surface area contributed by atoms with Crippen molar-refractivity contribution in [2.24, 2.45) is 5.92 Å². The Kier molecular flexibility index (Phi) is 3.53. The van der Waals surface area contributed by atoms with Gasteiger partial charge in [-0.05, 0) is 31.3 Å². The van der Waals surface area contributed by atoms with E-state index in [9.17, 15) is 4.79 Å². The molecule has 12 heavy (non-hydrogen) atoms. The Morgan fingerprint density at radius 3 is 2.08 bits per heavy atom. The number of carboxylic acids is 1. The van der Waals surface area contributed by atoms with Crippen molar-refractivity contribution in [3.05, 3.63) is 9.81 Å². The monoisotopic (exact) mass is 204 g/mol. The molecule has 0 aliphatic heterocycles. The Bertz CT molecular complexity index is 213. The van der Waals surface area contributed by atoms with Gasteiger partial charge in [0, 0.05) is 0 Å². The van der Waals surface area contributed by atoms with Crippen LogP contribution in [-0.2, 0) is 4.79 Å². The van der Waals surface area contributed by atoms with Crippen molar-refractivity contribution in [1.82, 2.24) is 0 Å². The lowest BCUT2D eigenvalue weighted by molar-refractivity contribution is -0.132. The van der Waals surface area contributed by atoms with Crippen LogP contribution in [0.15, 0.2) is 9.81 Å². The van der Waals surface area contributed by atoms with Gasteiger partial charge in [-0.15, -0.1) is 23.5 Å². The van der Waals surface area contributed by atoms with Gasteiger partial charge in [-0.3, -0.25) is 0 Å². The SMILES string of the molecule is CSC(SC)=C(C(=O)O)C1CC1. The molecule has 0 heterocycles. The average molecular weight is 204 g/mol. The zero-order chi connectivity index (χ0) is 9.14. The smallest absolute Gasteiger partial charge is 0.333 e. The van der Waals surface area contributed by atoms with Crippen molar-refractivity contribution in [2.45, 2.75) is 12.8 Å². The quantitative estimate of drug-likeness (QED) is 0.714. The molecule has 0 bridgehead atoms. The van der Waals surface area contributed by atoms with Crippen LogP contribution in [0.1, 0.15) is 12.8 Å². The Morgan fingerprint density at radius 1 is 1.33 bits per heavy atom. The minimum atomic E-state index is -0.740. The zero-order valence-corrected chi connectivity index (χ0v) is 8.80. The van der Waals surface area contributed by atoms with E-state index < -0.39 is 5.97 Å². The first-order chi connectivity index (χ1) is 5.70. The van der Waals surface area contributed by atoms with Crippen LogP contribution in [0.5, 0.6) is 0 Å². The normalized spacial score (nSPS) is 15.8. The molecule has 1 aliphatic rings. The summed E-state index contributed by atoms with van der Waals surface area (Å²) in [5, 5.41) is 8.93. The lowest BCUT2D eigenvalue weighted by atomic mass is 10.2. The summed E-state index contributed by atoms with van der Waals surface area (Å²) in [5.41, 5.74) is 0.634. The fourth-order valence-corrected chi connectivity index (χ4v) is 2.72. The molecular weight excluding hydrogens is 192 g/mol. The first kappa shape index (κ1) is 9.99. The number of hydrogen-bond acceptors (Lipinski definition) is 3. The summed E-state index contributed by atoms with van der Waals surface area (Å²) in [6.45, 7) is 0. The molecule has 0 aromatic carbocycles. The van der Waals surface area contributed by atoms with E-state index in [0.29, 0.717) is 11.5 Å². The number of hydrogen-bond donors (Lipinski definition) is 1. The molecule has 68 valence electrons. The lowest BCUT2D eigenvalue weighted by Crippen LogP contribution is -2.04. The number of carboxylic acid groups (broad SMARTS) is 1. The molecule has 1 aliphatic carbocycles. The topological polar surface area (TPSA) is 37.3 Å². The van der Waals surface area contributed by atoms with Crippen LogP contribution in [0, 0.1) is 5.92 Å². The summed E-state index contributed by atoms with van der Waals surface area (Å²) in [5.74, 6) is -0.409. The molecule has 2 nitrogen and oxygen atoms in total. The average Bonchev–Trinajstić information content (AvgIpc) is 2.82. The Balaban J connectivity index is 2.86. The highest BCUT2D eigenvalue weighted by molar-refractivity contribution is 8.21. The largest absolute Gasteiger partial charge is 0.478 e. The molecule has 0 saturated heterocycles. The van der Waals surface area contributed by atoms with Gasteiger partial charge in [0.2, 0.25) is 0 Å². The third-order valence-corrected chi connectivity index (χ3v) is 3.99. The Morgan fingerprint density at radius 2 is 1.83 bits per heavy atom. The van der Waals surface area contributed by atoms with E-state index in [-0.39, 0.29) is 0 Å². The minimum Gasteiger partial charge on any atom is -0.478 e. The maximum Gasteiger partial charge on any atom is 0.333 e. The molecule has 0 amide bonds. The van der Waals surface area contributed by atoms with Crippen LogP contribution in [0.3, 0.4) is 0 Å². The van der Waals surface area contributed by atoms with Gasteiger partial charge in [0.25, 0.3) is 0 Å². The summed E-state index contributed by atoms with van der Waals surface area (Å²) in [7, 11) is 0. The first-order valence-electron chi connectivity index (χ1n) is 3.76. The molecule has 0 unspecified atom stereocenters. The van der Waals surface area contributed by atoms with E-state index in [0.717, 1.165) is 17.1 Å². The van der Waals surface area contributed by atoms with Gasteiger partial charge in [0.1, 0.15) is 0 Å². The lowest BCUT2D eigenvalue weighted by Gasteiger charge is -2.05. The van der Waals surface area contributed by atoms with Crippen LogP contribution >= 0.6 is 23.5 Å². The van der Waals surface area contributed by atoms with Crippen molar-refractivity contribution in [3.8, 4) is 0 Å². The molecule has 1 fully saturated rings. The highest BCUT2D eigenvalue weighted by Gasteiger charge is 2.32. The van der Waals surface area contributed by atoms with E-state index in [2.05, 4.69) is 0 Å². The fraction of sp³-hybridized carbons (Fsp3) is 0.625. The number of thioether (sulfide) groups is 2. The molecule has 1 saturated carbocycles. The van der Waals surface area contributed by atoms with Gasteiger partial charge in [0.15, 0.2) is 0 Å². The van der Waals surface area contributed by atoms with Crippen LogP contribution in [0.2, 0.25) is 0 Å². The van der Waals surface area contributed by atoms with E-state index >= 15 is 0 Å². The zero-order valence-electron chi connectivity index (χ0n) is 7.16. The second-order valence-electron chi connectivity index (χ2n) is 2.69. The first-order valence-corrected chi connectivity index (χ1v) is 6.21. The Hall–Kier alpha value is -0.0900. The van der Waals surface area contributed by atoms with E-state index in [1.807, 2.05) is 12.5 Å². The molecule has 0 aromatic rings. The summed E-state index contributed by atoms with van der Waals surface area (Å²) < 4.78 is 0.963. The highest BCUT2D eigenvalue weighted by atomic mass is 32.2. The van der Waals surface area contributed by atoms with Gasteiger partial charge in [-0.25, -0.2) is 4.79 Å². The van der Waals surface area contributed by atoms with E-state index in [4.69, 9.17) is 5.11 Å². The van der Waals surface area contributed by atoms with Crippen molar-refractivity contribution < 1.29 is 9.90 Å². The van der Waals surface area contributed by atoms with E-state index in [1.165, 1.54) is 23.5 Å². The van der Waals surface area contributed by atoms with Crippen molar-refractivity contribution >= 4 is 29.5 Å². The van der Waals surface area contributed by atoms with Crippen LogP contribution in [-0.4, -0.2) is 23.6 Å². The van der Waals surface area contributed by atoms with E-state index in [1.54, 1.807) is 0 Å². The molecule has 4 heteroatoms. The molecule has 1 N–H and O–H groups in total. The van der Waals surface area contributed by atoms with Gasteiger partial charge >= 0.3 is 5.97 Å². The molecule has 1 rings (SSSR count). The molecule has 0 radical (unpaired) electrons. The van der Waals surface area contributed by atoms with Gasteiger partial charge in [0.05, 0.1) is 9.81 Å². The summed E-state index contributed by atoms with van der Waals surface area (Å²) in [4.78, 5) is 10.9. The molecule has 0 spiro atoms. The maximum absolute atomic E-state index is 10.9. The number of rotatable bonds is 4. The fourth-order valence-electron chi connectivity index (χ4n) is 1.10. The molecule has 0 aromatic heterocycles. The summed E-state index contributed by atoms with van der Waals surface area (Å²) in [6.07, 6.45) is 5.95. The van der Waals surface area contributed by atoms with Gasteiger partial charge < -0.3 is 5.11 Å². The predicted octanol–water partition coefficient (Wildman–Crippen LogP) is 2.42. The van der Waals surface area contributed by atoms with Crippen LogP contribution in [0.25, 0.3) is 0 Å².